The van der Waals surface area contributed by atoms with Crippen LogP contribution in [0.15, 0.2) is 55.1 Å². The van der Waals surface area contributed by atoms with Crippen LogP contribution in [-0.2, 0) is 29.1 Å². The minimum absolute atomic E-state index is 0.0752. The van der Waals surface area contributed by atoms with E-state index in [9.17, 15) is 27.6 Å². The SMILES string of the molecule is C=C[C@@H]1C[C@]1(NC(=O)[C@@H]1C[C@@H]2CN1C(=O)[C@H](C1CCCC1)NC(=O)N1CC[C@@H](C1)OCCCC=Cc1cc3ccccc3cc1O2)C(=O)NS(=O)(=O)C1CC1. The molecule has 55 heavy (non-hydrogen) atoms. The van der Waals surface area contributed by atoms with Crippen molar-refractivity contribution in [2.75, 3.05) is 26.2 Å². The molecule has 2 saturated heterocycles. The van der Waals surface area contributed by atoms with E-state index in [1.165, 1.54) is 4.90 Å². The standard InChI is InChI=1S/C41H51N5O8S/c1-2-30-23-41(30,39(49)44-55(51,52)33-15-16-33)43-37(47)34-22-32-25-46(34)38(48)36(26-10-5-6-11-26)42-40(50)45-18-17-31(24-45)53-19-9-3-4-14-29-20-27-12-7-8-13-28(27)21-35(29)54-32/h2,4,7-8,12-14,20-21,26,30-34,36H,1,3,5-6,9-11,15-19,22-25H2,(H,42,50)(H,43,47)(H,44,49)/t30-,31+,32-,34+,36+,41-/m1/s1. The molecule has 6 atom stereocenters. The summed E-state index contributed by atoms with van der Waals surface area (Å²) in [6.07, 6.45) is 11.9. The predicted molar refractivity (Wildman–Crippen MR) is 206 cm³/mol. The van der Waals surface area contributed by atoms with Crippen molar-refractivity contribution in [3.63, 3.8) is 0 Å². The summed E-state index contributed by atoms with van der Waals surface area (Å²) in [5.74, 6) is -1.74. The lowest BCUT2D eigenvalue weighted by Gasteiger charge is -2.33. The fourth-order valence-corrected chi connectivity index (χ4v) is 10.2. The van der Waals surface area contributed by atoms with Gasteiger partial charge in [0.2, 0.25) is 21.8 Å². The molecule has 3 aliphatic heterocycles. The monoisotopic (exact) mass is 773 g/mol. The Labute approximate surface area is 322 Å². The zero-order chi connectivity index (χ0) is 38.3. The van der Waals surface area contributed by atoms with E-state index in [-0.39, 0.29) is 43.3 Å². The number of benzene rings is 2. The summed E-state index contributed by atoms with van der Waals surface area (Å²) < 4.78 is 40.6. The van der Waals surface area contributed by atoms with Crippen LogP contribution in [0.4, 0.5) is 4.79 Å². The number of ether oxygens (including phenoxy) is 2. The molecule has 8 rings (SSSR count). The van der Waals surface area contributed by atoms with Crippen LogP contribution in [0, 0.1) is 11.8 Å². The molecule has 3 saturated carbocycles. The van der Waals surface area contributed by atoms with Crippen LogP contribution in [0.1, 0.15) is 76.2 Å². The smallest absolute Gasteiger partial charge is 0.318 e. The highest BCUT2D eigenvalue weighted by Gasteiger charge is 2.62. The maximum atomic E-state index is 14.9. The van der Waals surface area contributed by atoms with Crippen molar-refractivity contribution in [2.45, 2.75) is 106 Å². The Morgan fingerprint density at radius 2 is 1.75 bits per heavy atom. The number of allylic oxidation sites excluding steroid dienone is 1. The molecule has 3 N–H and O–H groups in total. The van der Waals surface area contributed by atoms with Gasteiger partial charge in [-0.05, 0) is 80.2 Å². The Kier molecular flexibility index (Phi) is 10.4. The Bertz CT molecular complexity index is 1990. The molecule has 14 heteroatoms. The number of carbonyl (C=O) groups is 4. The van der Waals surface area contributed by atoms with Crippen molar-refractivity contribution >= 4 is 50.6 Å². The molecule has 0 spiro atoms. The van der Waals surface area contributed by atoms with Crippen LogP contribution < -0.4 is 20.1 Å². The van der Waals surface area contributed by atoms with Crippen LogP contribution in [0.2, 0.25) is 0 Å². The summed E-state index contributed by atoms with van der Waals surface area (Å²) in [5, 5.41) is 7.37. The molecule has 4 bridgehead atoms. The Morgan fingerprint density at radius 3 is 2.47 bits per heavy atom. The van der Waals surface area contributed by atoms with E-state index in [2.05, 4.69) is 34.1 Å². The van der Waals surface area contributed by atoms with Crippen LogP contribution >= 0.6 is 0 Å². The molecule has 6 aliphatic rings. The molecule has 0 radical (unpaired) electrons. The molecular formula is C41H51N5O8S. The summed E-state index contributed by atoms with van der Waals surface area (Å²) >= 11 is 0. The summed E-state index contributed by atoms with van der Waals surface area (Å²) in [5.41, 5.74) is -0.645. The number of fused-ring (bicyclic) bond motifs is 6. The number of sulfonamides is 1. The first-order valence-electron chi connectivity index (χ1n) is 19.9. The molecule has 2 aromatic rings. The normalized spacial score (nSPS) is 30.4. The number of hydrogen-bond donors (Lipinski definition) is 3. The second-order valence-corrected chi connectivity index (χ2v) is 18.1. The fourth-order valence-electron chi connectivity index (χ4n) is 8.83. The predicted octanol–water partition coefficient (Wildman–Crippen LogP) is 4.02. The van der Waals surface area contributed by atoms with E-state index in [0.29, 0.717) is 44.7 Å². The van der Waals surface area contributed by atoms with Gasteiger partial charge in [-0.25, -0.2) is 13.2 Å². The van der Waals surface area contributed by atoms with Crippen LogP contribution in [0.3, 0.4) is 0 Å². The van der Waals surface area contributed by atoms with Crippen molar-refractivity contribution < 1.29 is 37.1 Å². The quantitative estimate of drug-likeness (QED) is 0.356. The molecule has 294 valence electrons. The summed E-state index contributed by atoms with van der Waals surface area (Å²) in [4.78, 5) is 59.9. The van der Waals surface area contributed by atoms with E-state index in [0.717, 1.165) is 54.9 Å². The summed E-state index contributed by atoms with van der Waals surface area (Å²) in [6.45, 7) is 5.42. The maximum absolute atomic E-state index is 14.9. The van der Waals surface area contributed by atoms with Gasteiger partial charge in [0.15, 0.2) is 0 Å². The van der Waals surface area contributed by atoms with Gasteiger partial charge in [-0.15, -0.1) is 6.58 Å². The van der Waals surface area contributed by atoms with Crippen molar-refractivity contribution in [1.82, 2.24) is 25.2 Å². The van der Waals surface area contributed by atoms with Crippen LogP contribution in [-0.4, -0.2) is 103 Å². The first-order valence-corrected chi connectivity index (χ1v) is 21.4. The van der Waals surface area contributed by atoms with E-state index in [4.69, 9.17) is 9.47 Å². The maximum Gasteiger partial charge on any atom is 0.318 e. The second kappa shape index (κ2) is 15.2. The number of nitrogens with one attached hydrogen (secondary N) is 3. The largest absolute Gasteiger partial charge is 0.488 e. The van der Waals surface area contributed by atoms with Gasteiger partial charge in [-0.1, -0.05) is 55.3 Å². The van der Waals surface area contributed by atoms with Crippen molar-refractivity contribution in [3.8, 4) is 5.75 Å². The third-order valence-corrected chi connectivity index (χ3v) is 14.1. The van der Waals surface area contributed by atoms with Gasteiger partial charge in [0.25, 0.3) is 5.91 Å². The molecule has 0 aromatic heterocycles. The van der Waals surface area contributed by atoms with Crippen LogP contribution in [0.5, 0.6) is 5.75 Å². The van der Waals surface area contributed by atoms with Gasteiger partial charge < -0.3 is 29.9 Å². The topological polar surface area (TPSA) is 163 Å². The van der Waals surface area contributed by atoms with E-state index in [1.54, 1.807) is 11.0 Å². The number of urea groups is 1. The number of rotatable bonds is 7. The Balaban J connectivity index is 1.12. The first kappa shape index (κ1) is 37.5. The zero-order valence-electron chi connectivity index (χ0n) is 31.1. The minimum atomic E-state index is -3.88. The van der Waals surface area contributed by atoms with Crippen LogP contribution in [0.25, 0.3) is 16.8 Å². The molecule has 5 amide bonds. The molecule has 13 nitrogen and oxygen atoms in total. The Hall–Kier alpha value is -4.43. The third kappa shape index (κ3) is 7.85. The molecule has 5 fully saturated rings. The highest BCUT2D eigenvalue weighted by atomic mass is 32.2. The number of nitrogens with zero attached hydrogens (tertiary/aromatic N) is 2. The lowest BCUT2D eigenvalue weighted by molar-refractivity contribution is -0.142. The van der Waals surface area contributed by atoms with Crippen molar-refractivity contribution in [3.05, 3.63) is 60.7 Å². The Morgan fingerprint density at radius 1 is 0.982 bits per heavy atom. The van der Waals surface area contributed by atoms with E-state index < -0.39 is 56.7 Å². The van der Waals surface area contributed by atoms with Gasteiger partial charge >= 0.3 is 6.03 Å². The highest BCUT2D eigenvalue weighted by molar-refractivity contribution is 7.91. The van der Waals surface area contributed by atoms with Gasteiger partial charge in [-0.2, -0.15) is 0 Å². The number of carbonyl (C=O) groups excluding carboxylic acids is 4. The summed E-state index contributed by atoms with van der Waals surface area (Å²) in [7, 11) is -3.88. The van der Waals surface area contributed by atoms with Gasteiger partial charge in [0.1, 0.15) is 29.5 Å². The van der Waals surface area contributed by atoms with Gasteiger partial charge in [-0.3, -0.25) is 19.1 Å². The molecule has 3 aliphatic carbocycles. The summed E-state index contributed by atoms with van der Waals surface area (Å²) in [6, 6.07) is 9.80. The highest BCUT2D eigenvalue weighted by Crippen LogP contribution is 2.46. The van der Waals surface area contributed by atoms with Crippen molar-refractivity contribution in [1.29, 1.82) is 0 Å². The molecule has 2 aromatic carbocycles. The lowest BCUT2D eigenvalue weighted by atomic mass is 9.96. The van der Waals surface area contributed by atoms with E-state index in [1.807, 2.05) is 36.4 Å². The number of amides is 5. The van der Waals surface area contributed by atoms with Crippen molar-refractivity contribution in [2.24, 2.45) is 11.8 Å². The third-order valence-electron chi connectivity index (χ3n) is 12.3. The minimum Gasteiger partial charge on any atom is -0.488 e. The second-order valence-electron chi connectivity index (χ2n) is 16.1. The lowest BCUT2D eigenvalue weighted by Crippen LogP contribution is -2.59. The first-order chi connectivity index (χ1) is 26.5. The fraction of sp³-hybridized carbons (Fsp3) is 0.561. The number of hydrogen-bond acceptors (Lipinski definition) is 8. The average molecular weight is 774 g/mol. The van der Waals surface area contributed by atoms with Gasteiger partial charge in [0, 0.05) is 37.6 Å². The molecule has 0 unspecified atom stereocenters. The van der Waals surface area contributed by atoms with E-state index >= 15 is 0 Å². The average Bonchev–Trinajstić information content (AvgIpc) is 3.94. The molecular weight excluding hydrogens is 723 g/mol. The van der Waals surface area contributed by atoms with Gasteiger partial charge in [0.05, 0.1) is 17.9 Å². The zero-order valence-corrected chi connectivity index (χ0v) is 31.9. The molecule has 3 heterocycles.